The number of nitrogens with one attached hydrogen (secondary N) is 1. The van der Waals surface area contributed by atoms with E-state index in [1.807, 2.05) is 34.1 Å². The van der Waals surface area contributed by atoms with E-state index in [4.69, 9.17) is 0 Å². The maximum atomic E-state index is 13.2. The molecule has 2 aliphatic heterocycles. The second-order valence-corrected chi connectivity index (χ2v) is 10.5. The Bertz CT molecular complexity index is 1120. The molecule has 0 radical (unpaired) electrons. The number of piperazine rings is 1. The van der Waals surface area contributed by atoms with E-state index in [-0.39, 0.29) is 22.9 Å². The van der Waals surface area contributed by atoms with Crippen molar-refractivity contribution in [2.75, 3.05) is 57.3 Å². The van der Waals surface area contributed by atoms with Crippen molar-refractivity contribution in [3.05, 3.63) is 69.3 Å². The zero-order valence-corrected chi connectivity index (χ0v) is 21.3. The van der Waals surface area contributed by atoms with Crippen molar-refractivity contribution in [2.45, 2.75) is 32.6 Å². The quantitative estimate of drug-likeness (QED) is 0.518. The van der Waals surface area contributed by atoms with Gasteiger partial charge in [-0.05, 0) is 41.7 Å². The minimum Gasteiger partial charge on any atom is -0.364 e. The molecule has 2 saturated heterocycles. The first-order valence-electron chi connectivity index (χ1n) is 12.6. The number of amides is 2. The van der Waals surface area contributed by atoms with Crippen LogP contribution >= 0.6 is 0 Å². The molecule has 2 amide bonds. The Kier molecular flexibility index (Phi) is 7.59. The zero-order valence-electron chi connectivity index (χ0n) is 21.3. The number of nitro groups is 1. The maximum Gasteiger partial charge on any atom is 0.293 e. The van der Waals surface area contributed by atoms with Crippen LogP contribution in [0.1, 0.15) is 53.5 Å². The van der Waals surface area contributed by atoms with E-state index in [0.717, 1.165) is 13.1 Å². The van der Waals surface area contributed by atoms with Gasteiger partial charge in [0.05, 0.1) is 4.92 Å². The van der Waals surface area contributed by atoms with Crippen molar-refractivity contribution in [1.29, 1.82) is 0 Å². The lowest BCUT2D eigenvalue weighted by Crippen LogP contribution is -2.46. The van der Waals surface area contributed by atoms with Crippen LogP contribution in [-0.4, -0.2) is 78.9 Å². The highest BCUT2D eigenvalue weighted by atomic mass is 16.6. The molecule has 2 fully saturated rings. The van der Waals surface area contributed by atoms with Gasteiger partial charge >= 0.3 is 0 Å². The summed E-state index contributed by atoms with van der Waals surface area (Å²) in [5, 5.41) is 15.1. The fraction of sp³-hybridized carbons (Fsp3) is 0.481. The van der Waals surface area contributed by atoms with E-state index in [1.54, 1.807) is 17.0 Å². The van der Waals surface area contributed by atoms with E-state index in [2.05, 4.69) is 26.1 Å². The molecular formula is C27H35N5O4. The summed E-state index contributed by atoms with van der Waals surface area (Å²) in [6.45, 7) is 11.2. The molecule has 1 N–H and O–H groups in total. The Morgan fingerprint density at radius 1 is 0.833 bits per heavy atom. The first-order valence-corrected chi connectivity index (χ1v) is 12.6. The summed E-state index contributed by atoms with van der Waals surface area (Å²) in [5.74, 6) is -0.208. The van der Waals surface area contributed by atoms with Crippen molar-refractivity contribution in [3.8, 4) is 0 Å². The Morgan fingerprint density at radius 2 is 1.44 bits per heavy atom. The van der Waals surface area contributed by atoms with E-state index in [9.17, 15) is 19.7 Å². The summed E-state index contributed by atoms with van der Waals surface area (Å²) in [5.41, 5.74) is 2.59. The number of hydrogen-bond donors (Lipinski definition) is 1. The Balaban J connectivity index is 1.47. The number of hydrogen-bond acceptors (Lipinski definition) is 6. The number of carbonyl (C=O) groups excluding carboxylic acids is 2. The van der Waals surface area contributed by atoms with Crippen LogP contribution < -0.4 is 10.2 Å². The fourth-order valence-electron chi connectivity index (χ4n) is 4.78. The molecule has 2 heterocycles. The third-order valence-electron chi connectivity index (χ3n) is 6.94. The summed E-state index contributed by atoms with van der Waals surface area (Å²) < 4.78 is 0. The molecule has 0 unspecified atom stereocenters. The van der Waals surface area contributed by atoms with Crippen LogP contribution in [0.15, 0.2) is 42.5 Å². The topological polar surface area (TPSA) is 99.0 Å². The first-order chi connectivity index (χ1) is 17.1. The molecule has 0 saturated carbocycles. The molecule has 4 rings (SSSR count). The van der Waals surface area contributed by atoms with Gasteiger partial charge in [-0.1, -0.05) is 32.9 Å². The number of nitro benzene ring substituents is 1. The highest BCUT2D eigenvalue weighted by molar-refractivity contribution is 5.96. The predicted octanol–water partition coefficient (Wildman–Crippen LogP) is 3.29. The monoisotopic (exact) mass is 493 g/mol. The maximum absolute atomic E-state index is 13.2. The average molecular weight is 494 g/mol. The first kappa shape index (κ1) is 25.6. The Labute approximate surface area is 212 Å². The van der Waals surface area contributed by atoms with E-state index < -0.39 is 4.92 Å². The Morgan fingerprint density at radius 3 is 2.08 bits per heavy atom. The highest BCUT2D eigenvalue weighted by Crippen LogP contribution is 2.31. The van der Waals surface area contributed by atoms with Crippen LogP contribution in [0.4, 0.5) is 11.4 Å². The van der Waals surface area contributed by atoms with Gasteiger partial charge in [0.1, 0.15) is 5.69 Å². The molecule has 0 spiro atoms. The molecule has 2 aliphatic rings. The average Bonchev–Trinajstić information content (AvgIpc) is 3.14. The van der Waals surface area contributed by atoms with Gasteiger partial charge in [0, 0.05) is 69.6 Å². The number of carbonyl (C=O) groups is 2. The van der Waals surface area contributed by atoms with E-state index >= 15 is 0 Å². The predicted molar refractivity (Wildman–Crippen MR) is 140 cm³/mol. The van der Waals surface area contributed by atoms with Crippen molar-refractivity contribution >= 4 is 23.2 Å². The number of nitrogens with zero attached hydrogens (tertiary/aromatic N) is 4. The summed E-state index contributed by atoms with van der Waals surface area (Å²) in [4.78, 5) is 43.0. The fourth-order valence-corrected chi connectivity index (χ4v) is 4.78. The van der Waals surface area contributed by atoms with Crippen LogP contribution in [0.2, 0.25) is 0 Å². The summed E-state index contributed by atoms with van der Waals surface area (Å²) in [6.07, 6.45) is 0.699. The van der Waals surface area contributed by atoms with Gasteiger partial charge < -0.3 is 20.0 Å². The van der Waals surface area contributed by atoms with Gasteiger partial charge in [0.25, 0.3) is 17.5 Å². The van der Waals surface area contributed by atoms with Crippen LogP contribution in [0.25, 0.3) is 0 Å². The molecule has 9 heteroatoms. The van der Waals surface area contributed by atoms with Gasteiger partial charge in [0.15, 0.2) is 0 Å². The van der Waals surface area contributed by atoms with Crippen molar-refractivity contribution in [2.24, 2.45) is 0 Å². The Hall–Kier alpha value is -3.46. The second-order valence-electron chi connectivity index (χ2n) is 10.5. The van der Waals surface area contributed by atoms with Gasteiger partial charge in [-0.3, -0.25) is 19.7 Å². The molecular weight excluding hydrogens is 458 g/mol. The summed E-state index contributed by atoms with van der Waals surface area (Å²) in [6, 6.07) is 12.5. The van der Waals surface area contributed by atoms with E-state index in [0.29, 0.717) is 62.5 Å². The minimum absolute atomic E-state index is 0.0184. The van der Waals surface area contributed by atoms with Crippen LogP contribution in [0, 0.1) is 10.1 Å². The molecule has 0 aliphatic carbocycles. The molecule has 0 atom stereocenters. The lowest BCUT2D eigenvalue weighted by molar-refractivity contribution is -0.384. The molecule has 0 aromatic heterocycles. The molecule has 36 heavy (non-hydrogen) atoms. The largest absolute Gasteiger partial charge is 0.364 e. The zero-order chi connectivity index (χ0) is 25.9. The van der Waals surface area contributed by atoms with Crippen LogP contribution in [-0.2, 0) is 5.41 Å². The smallest absolute Gasteiger partial charge is 0.293 e. The third kappa shape index (κ3) is 5.67. The highest BCUT2D eigenvalue weighted by Gasteiger charge is 2.27. The minimum atomic E-state index is -0.422. The van der Waals surface area contributed by atoms with Crippen LogP contribution in [0.5, 0.6) is 0 Å². The number of anilines is 1. The molecule has 0 bridgehead atoms. The van der Waals surface area contributed by atoms with E-state index in [1.165, 1.54) is 11.6 Å². The second kappa shape index (κ2) is 10.7. The summed E-state index contributed by atoms with van der Waals surface area (Å²) in [7, 11) is 0. The lowest BCUT2D eigenvalue weighted by Gasteiger charge is -2.28. The third-order valence-corrected chi connectivity index (χ3v) is 6.94. The van der Waals surface area contributed by atoms with Gasteiger partial charge in [0.2, 0.25) is 0 Å². The molecule has 192 valence electrons. The van der Waals surface area contributed by atoms with Crippen LogP contribution in [0.3, 0.4) is 0 Å². The normalized spacial score (nSPS) is 17.0. The SMILES string of the molecule is CC(C)(C)c1ccc(C(=O)N2CCCN(c3ccc(C(=O)N4CCNCC4)cc3[N+](=O)[O-])CC2)cc1. The summed E-state index contributed by atoms with van der Waals surface area (Å²) >= 11 is 0. The van der Waals surface area contributed by atoms with Crippen molar-refractivity contribution < 1.29 is 14.5 Å². The molecule has 2 aromatic carbocycles. The van der Waals surface area contributed by atoms with Crippen molar-refractivity contribution in [1.82, 2.24) is 15.1 Å². The van der Waals surface area contributed by atoms with Gasteiger partial charge in [-0.15, -0.1) is 0 Å². The standard InChI is InChI=1S/C27H35N5O4/c1-27(2,3)22-8-5-20(6-9-22)25(33)30-14-4-13-29(17-18-30)23-10-7-21(19-24(23)32(35)36)26(34)31-15-11-28-12-16-31/h5-10,19,28H,4,11-18H2,1-3H3. The lowest BCUT2D eigenvalue weighted by atomic mass is 9.86. The van der Waals surface area contributed by atoms with Gasteiger partial charge in [-0.2, -0.15) is 0 Å². The van der Waals surface area contributed by atoms with Crippen molar-refractivity contribution in [3.63, 3.8) is 0 Å². The van der Waals surface area contributed by atoms with Gasteiger partial charge in [-0.25, -0.2) is 0 Å². The molecule has 2 aromatic rings. The number of rotatable bonds is 4. The number of benzene rings is 2. The molecule has 9 nitrogen and oxygen atoms in total.